The molecule has 1 aliphatic heterocycles. The number of halogens is 4. The monoisotopic (exact) mass is 510 g/mol. The minimum Gasteiger partial charge on any atom is -0.493 e. The Balaban J connectivity index is 1.74. The molecule has 3 aromatic rings. The average molecular weight is 511 g/mol. The zero-order valence-electron chi connectivity index (χ0n) is 18.9. The molecule has 0 spiro atoms. The highest BCUT2D eigenvalue weighted by Crippen LogP contribution is 2.47. The number of fused-ring (bicyclic) bond motifs is 1. The quantitative estimate of drug-likeness (QED) is 0.457. The Morgan fingerprint density at radius 1 is 1.14 bits per heavy atom. The molecule has 0 fully saturated rings. The van der Waals surface area contributed by atoms with E-state index in [2.05, 4.69) is 15.7 Å². The summed E-state index contributed by atoms with van der Waals surface area (Å²) in [6.07, 6.45) is -3.87. The lowest BCUT2D eigenvalue weighted by Crippen LogP contribution is -2.36. The van der Waals surface area contributed by atoms with Gasteiger partial charge in [0, 0.05) is 17.1 Å². The molecule has 0 saturated carbocycles. The van der Waals surface area contributed by atoms with E-state index in [0.717, 1.165) is 10.9 Å². The molecule has 2 atom stereocenters. The number of anilines is 2. The van der Waals surface area contributed by atoms with E-state index in [1.54, 1.807) is 30.3 Å². The fraction of sp³-hybridized carbons (Fsp3) is 0.304. The number of carbonyl (C=O) groups excluding carboxylic acids is 1. The zero-order chi connectivity index (χ0) is 25.3. The summed E-state index contributed by atoms with van der Waals surface area (Å²) in [5.41, 5.74) is 0.811. The van der Waals surface area contributed by atoms with Crippen LogP contribution < -0.4 is 24.8 Å². The lowest BCUT2D eigenvalue weighted by Gasteiger charge is -2.34. The van der Waals surface area contributed by atoms with Crippen LogP contribution >= 0.6 is 11.6 Å². The first-order valence-electron chi connectivity index (χ1n) is 10.4. The Bertz CT molecular complexity index is 1220. The van der Waals surface area contributed by atoms with Crippen molar-refractivity contribution >= 4 is 29.0 Å². The molecule has 2 heterocycles. The van der Waals surface area contributed by atoms with Crippen molar-refractivity contribution in [2.24, 2.45) is 0 Å². The van der Waals surface area contributed by atoms with Crippen molar-refractivity contribution in [3.8, 4) is 17.2 Å². The van der Waals surface area contributed by atoms with Crippen LogP contribution in [0.1, 0.15) is 34.4 Å². The van der Waals surface area contributed by atoms with E-state index >= 15 is 0 Å². The first-order chi connectivity index (χ1) is 16.7. The van der Waals surface area contributed by atoms with Crippen LogP contribution in [0, 0.1) is 0 Å². The van der Waals surface area contributed by atoms with E-state index < -0.39 is 24.2 Å². The summed E-state index contributed by atoms with van der Waals surface area (Å²) >= 11 is 5.96. The largest absolute Gasteiger partial charge is 0.493 e. The second-order valence-electron chi connectivity index (χ2n) is 7.76. The first-order valence-corrected chi connectivity index (χ1v) is 10.8. The Hall–Kier alpha value is -3.60. The molecule has 12 heteroatoms. The third kappa shape index (κ3) is 4.81. The maximum Gasteiger partial charge on any atom is 0.410 e. The van der Waals surface area contributed by atoms with Crippen LogP contribution in [-0.2, 0) is 0 Å². The van der Waals surface area contributed by atoms with Gasteiger partial charge in [0.05, 0.1) is 33.6 Å². The summed E-state index contributed by atoms with van der Waals surface area (Å²) in [5, 5.41) is 9.97. The van der Waals surface area contributed by atoms with Crippen LogP contribution in [0.4, 0.5) is 24.7 Å². The highest BCUT2D eigenvalue weighted by Gasteiger charge is 2.47. The van der Waals surface area contributed by atoms with Crippen molar-refractivity contribution < 1.29 is 32.2 Å². The third-order valence-electron chi connectivity index (χ3n) is 5.65. The number of hydrogen-bond donors (Lipinski definition) is 2. The number of alkyl halides is 3. The van der Waals surface area contributed by atoms with Gasteiger partial charge in [0.25, 0.3) is 5.91 Å². The van der Waals surface area contributed by atoms with Gasteiger partial charge in [-0.3, -0.25) is 4.79 Å². The molecule has 2 aromatic carbocycles. The predicted molar refractivity (Wildman–Crippen MR) is 124 cm³/mol. The van der Waals surface area contributed by atoms with Gasteiger partial charge in [0.2, 0.25) is 5.75 Å². The van der Waals surface area contributed by atoms with E-state index in [1.807, 2.05) is 0 Å². The summed E-state index contributed by atoms with van der Waals surface area (Å²) in [6, 6.07) is 6.77. The van der Waals surface area contributed by atoms with Gasteiger partial charge in [-0.2, -0.15) is 18.3 Å². The maximum absolute atomic E-state index is 14.0. The first kappa shape index (κ1) is 24.5. The van der Waals surface area contributed by atoms with E-state index in [-0.39, 0.29) is 17.8 Å². The number of methoxy groups -OCH3 is 3. The molecule has 0 radical (unpaired) electrons. The van der Waals surface area contributed by atoms with Gasteiger partial charge < -0.3 is 24.8 Å². The van der Waals surface area contributed by atoms with E-state index in [9.17, 15) is 18.0 Å². The standard InChI is InChI=1S/C23H22ClF3N4O4/c1-33-17-7-12(8-18(34-2)20(17)35-3)16-10-19(23(25,26)27)31-21(30-16)15(11-28-31)22(32)29-14-6-4-5-13(24)9-14/h4-9,11,16,19,30H,10H2,1-3H3,(H,29,32). The zero-order valence-corrected chi connectivity index (χ0v) is 19.7. The normalized spacial score (nSPS) is 17.2. The summed E-state index contributed by atoms with van der Waals surface area (Å²) in [6.45, 7) is 0. The van der Waals surface area contributed by atoms with Crippen LogP contribution in [0.5, 0.6) is 17.2 Å². The summed E-state index contributed by atoms with van der Waals surface area (Å²) in [5.74, 6) is 0.216. The van der Waals surface area contributed by atoms with Gasteiger partial charge in [0.15, 0.2) is 17.5 Å². The number of hydrogen-bond acceptors (Lipinski definition) is 6. The number of ether oxygens (including phenoxy) is 3. The SMILES string of the molecule is COc1cc(C2CC(C(F)(F)F)n3ncc(C(=O)Nc4cccc(Cl)c4)c3N2)cc(OC)c1OC. The molecule has 4 rings (SSSR count). The van der Waals surface area contributed by atoms with Gasteiger partial charge in [-0.25, -0.2) is 4.68 Å². The number of aromatic nitrogens is 2. The van der Waals surface area contributed by atoms with Gasteiger partial charge in [-0.05, 0) is 35.9 Å². The van der Waals surface area contributed by atoms with Crippen molar-refractivity contribution in [1.29, 1.82) is 0 Å². The summed E-state index contributed by atoms with van der Waals surface area (Å²) < 4.78 is 58.9. The van der Waals surface area contributed by atoms with Crippen LogP contribution in [-0.4, -0.2) is 43.2 Å². The smallest absolute Gasteiger partial charge is 0.410 e. The lowest BCUT2D eigenvalue weighted by molar-refractivity contribution is -0.173. The Labute approximate surface area is 203 Å². The minimum atomic E-state index is -4.61. The summed E-state index contributed by atoms with van der Waals surface area (Å²) in [7, 11) is 4.27. The van der Waals surface area contributed by atoms with E-state index in [1.165, 1.54) is 27.4 Å². The molecular weight excluding hydrogens is 489 g/mol. The molecule has 1 amide bonds. The molecule has 35 heavy (non-hydrogen) atoms. The third-order valence-corrected chi connectivity index (χ3v) is 5.89. The number of nitrogens with zero attached hydrogens (tertiary/aromatic N) is 2. The average Bonchev–Trinajstić information content (AvgIpc) is 3.25. The van der Waals surface area contributed by atoms with Gasteiger partial charge in [-0.15, -0.1) is 0 Å². The maximum atomic E-state index is 14.0. The van der Waals surface area contributed by atoms with Crippen LogP contribution in [0.15, 0.2) is 42.6 Å². The Morgan fingerprint density at radius 3 is 2.40 bits per heavy atom. The van der Waals surface area contributed by atoms with Crippen molar-refractivity contribution in [3.05, 3.63) is 58.7 Å². The van der Waals surface area contributed by atoms with Crippen molar-refractivity contribution in [2.45, 2.75) is 24.7 Å². The fourth-order valence-corrected chi connectivity index (χ4v) is 4.20. The van der Waals surface area contributed by atoms with Crippen molar-refractivity contribution in [1.82, 2.24) is 9.78 Å². The topological polar surface area (TPSA) is 86.6 Å². The molecule has 1 aliphatic rings. The van der Waals surface area contributed by atoms with E-state index in [0.29, 0.717) is 33.5 Å². The second-order valence-corrected chi connectivity index (χ2v) is 8.20. The highest BCUT2D eigenvalue weighted by atomic mass is 35.5. The van der Waals surface area contributed by atoms with Crippen LogP contribution in [0.3, 0.4) is 0 Å². The van der Waals surface area contributed by atoms with Crippen LogP contribution in [0.25, 0.3) is 0 Å². The lowest BCUT2D eigenvalue weighted by atomic mass is 9.95. The molecule has 2 N–H and O–H groups in total. The van der Waals surface area contributed by atoms with E-state index in [4.69, 9.17) is 25.8 Å². The number of rotatable bonds is 6. The molecule has 1 aromatic heterocycles. The molecular formula is C23H22ClF3N4O4. The number of nitrogens with one attached hydrogen (secondary N) is 2. The molecule has 2 unspecified atom stereocenters. The summed E-state index contributed by atoms with van der Waals surface area (Å²) in [4.78, 5) is 13.0. The fourth-order valence-electron chi connectivity index (χ4n) is 4.01. The molecule has 0 bridgehead atoms. The number of amides is 1. The minimum absolute atomic E-state index is 0.0450. The number of benzene rings is 2. The van der Waals surface area contributed by atoms with Gasteiger partial charge in [-0.1, -0.05) is 17.7 Å². The highest BCUT2D eigenvalue weighted by molar-refractivity contribution is 6.31. The molecule has 0 aliphatic carbocycles. The molecule has 8 nitrogen and oxygen atoms in total. The van der Waals surface area contributed by atoms with Gasteiger partial charge in [0.1, 0.15) is 11.4 Å². The molecule has 0 saturated heterocycles. The second kappa shape index (κ2) is 9.57. The predicted octanol–water partition coefficient (Wildman–Crippen LogP) is 5.47. The van der Waals surface area contributed by atoms with Crippen LogP contribution in [0.2, 0.25) is 5.02 Å². The Kier molecular flexibility index (Phi) is 6.70. The number of carbonyl (C=O) groups is 1. The molecule has 186 valence electrons. The van der Waals surface area contributed by atoms with Crippen molar-refractivity contribution in [3.63, 3.8) is 0 Å². The van der Waals surface area contributed by atoms with Crippen molar-refractivity contribution in [2.75, 3.05) is 32.0 Å². The van der Waals surface area contributed by atoms with Gasteiger partial charge >= 0.3 is 6.18 Å². The Morgan fingerprint density at radius 2 is 1.83 bits per heavy atom.